The van der Waals surface area contributed by atoms with E-state index in [1.807, 2.05) is 55.6 Å². The van der Waals surface area contributed by atoms with Crippen LogP contribution in [0.2, 0.25) is 0 Å². The number of likely N-dealkylation sites (N-methyl/N-ethyl adjacent to an activating group) is 1. The van der Waals surface area contributed by atoms with Crippen LogP contribution in [0.4, 0.5) is 0 Å². The highest BCUT2D eigenvalue weighted by Crippen LogP contribution is 2.11. The van der Waals surface area contributed by atoms with Gasteiger partial charge >= 0.3 is 0 Å². The molecule has 0 radical (unpaired) electrons. The lowest BCUT2D eigenvalue weighted by Crippen LogP contribution is -2.23. The molecule has 0 saturated heterocycles. The van der Waals surface area contributed by atoms with Crippen LogP contribution in [0.15, 0.2) is 65.4 Å². The molecule has 5 nitrogen and oxygen atoms in total. The quantitative estimate of drug-likeness (QED) is 0.676. The third-order valence-corrected chi connectivity index (χ3v) is 3.60. The number of para-hydroxylation sites is 1. The second-order valence-corrected chi connectivity index (χ2v) is 5.60. The highest BCUT2D eigenvalue weighted by molar-refractivity contribution is 5.91. The van der Waals surface area contributed by atoms with Gasteiger partial charge in [-0.1, -0.05) is 18.2 Å². The van der Waals surface area contributed by atoms with Gasteiger partial charge in [0.1, 0.15) is 11.5 Å². The van der Waals surface area contributed by atoms with Gasteiger partial charge in [-0.05, 0) is 37.3 Å². The van der Waals surface area contributed by atoms with Crippen LogP contribution in [-0.4, -0.2) is 27.6 Å². The monoisotopic (exact) mass is 321 g/mol. The Morgan fingerprint density at radius 3 is 2.75 bits per heavy atom. The van der Waals surface area contributed by atoms with E-state index in [-0.39, 0.29) is 5.91 Å². The molecule has 122 valence electrons. The Bertz CT molecular complexity index is 846. The van der Waals surface area contributed by atoms with Gasteiger partial charge in [-0.3, -0.25) is 4.79 Å². The molecule has 5 heteroatoms. The molecule has 0 spiro atoms. The molecule has 0 N–H and O–H groups in total. The molecular weight excluding hydrogens is 302 g/mol. The van der Waals surface area contributed by atoms with Gasteiger partial charge < -0.3 is 9.32 Å². The predicted molar refractivity (Wildman–Crippen MR) is 92.5 cm³/mol. The minimum absolute atomic E-state index is 0.0866. The zero-order valence-corrected chi connectivity index (χ0v) is 13.7. The van der Waals surface area contributed by atoms with Crippen molar-refractivity contribution in [2.45, 2.75) is 13.5 Å². The molecule has 3 rings (SSSR count). The van der Waals surface area contributed by atoms with Crippen LogP contribution in [0.5, 0.6) is 0 Å². The number of hydrogen-bond donors (Lipinski definition) is 0. The summed E-state index contributed by atoms with van der Waals surface area (Å²) >= 11 is 0. The van der Waals surface area contributed by atoms with E-state index in [1.165, 1.54) is 6.08 Å². The van der Waals surface area contributed by atoms with Crippen LogP contribution < -0.4 is 0 Å². The fourth-order valence-corrected chi connectivity index (χ4v) is 2.34. The van der Waals surface area contributed by atoms with Gasteiger partial charge in [0, 0.05) is 31.4 Å². The van der Waals surface area contributed by atoms with Gasteiger partial charge in [0.05, 0.1) is 11.9 Å². The molecule has 0 saturated carbocycles. The van der Waals surface area contributed by atoms with Crippen LogP contribution in [-0.2, 0) is 11.3 Å². The zero-order chi connectivity index (χ0) is 16.9. The van der Waals surface area contributed by atoms with E-state index in [1.54, 1.807) is 28.9 Å². The smallest absolute Gasteiger partial charge is 0.246 e. The maximum Gasteiger partial charge on any atom is 0.246 e. The standard InChI is InChI=1S/C19H19N3O2/c1-15-8-9-18(24-15)10-11-19(23)21(2)13-16-12-20-22(14-16)17-6-4-3-5-7-17/h3-12,14H,13H2,1-2H3/b11-10+. The Morgan fingerprint density at radius 1 is 1.25 bits per heavy atom. The number of rotatable bonds is 5. The molecule has 0 bridgehead atoms. The van der Waals surface area contributed by atoms with Crippen molar-refractivity contribution in [3.05, 3.63) is 78.0 Å². The molecule has 0 fully saturated rings. The van der Waals surface area contributed by atoms with Gasteiger partial charge in [0.25, 0.3) is 0 Å². The number of furan rings is 1. The summed E-state index contributed by atoms with van der Waals surface area (Å²) in [7, 11) is 1.76. The molecule has 2 aromatic heterocycles. The molecule has 1 amide bonds. The number of aryl methyl sites for hydroxylation is 1. The van der Waals surface area contributed by atoms with Gasteiger partial charge in [0.2, 0.25) is 5.91 Å². The number of carbonyl (C=O) groups is 1. The molecule has 0 aliphatic carbocycles. The first kappa shape index (κ1) is 15.8. The Morgan fingerprint density at radius 2 is 2.04 bits per heavy atom. The van der Waals surface area contributed by atoms with E-state index in [4.69, 9.17) is 4.42 Å². The van der Waals surface area contributed by atoms with Crippen LogP contribution in [0.25, 0.3) is 11.8 Å². The molecule has 24 heavy (non-hydrogen) atoms. The molecule has 2 heterocycles. The lowest BCUT2D eigenvalue weighted by Gasteiger charge is -2.13. The maximum absolute atomic E-state index is 12.2. The molecule has 3 aromatic rings. The van der Waals surface area contributed by atoms with Gasteiger partial charge in [0.15, 0.2) is 0 Å². The SMILES string of the molecule is Cc1ccc(/C=C/C(=O)N(C)Cc2cnn(-c3ccccc3)c2)o1. The molecule has 0 aliphatic heterocycles. The Balaban J connectivity index is 1.62. The van der Waals surface area contributed by atoms with Crippen molar-refractivity contribution in [2.75, 3.05) is 7.05 Å². The lowest BCUT2D eigenvalue weighted by atomic mass is 10.3. The van der Waals surface area contributed by atoms with Gasteiger partial charge in [-0.2, -0.15) is 5.10 Å². The maximum atomic E-state index is 12.2. The summed E-state index contributed by atoms with van der Waals surface area (Å²) in [5.74, 6) is 1.41. The van der Waals surface area contributed by atoms with E-state index in [0.717, 1.165) is 17.0 Å². The molecule has 0 aliphatic rings. The topological polar surface area (TPSA) is 51.3 Å². The second kappa shape index (κ2) is 7.00. The van der Waals surface area contributed by atoms with E-state index in [9.17, 15) is 4.79 Å². The van der Waals surface area contributed by atoms with E-state index < -0.39 is 0 Å². The largest absolute Gasteiger partial charge is 0.462 e. The minimum atomic E-state index is -0.0866. The van der Waals surface area contributed by atoms with Crippen molar-refractivity contribution in [1.29, 1.82) is 0 Å². The fraction of sp³-hybridized carbons (Fsp3) is 0.158. The highest BCUT2D eigenvalue weighted by Gasteiger charge is 2.08. The number of aromatic nitrogens is 2. The number of nitrogens with zero attached hydrogens (tertiary/aromatic N) is 3. The first-order chi connectivity index (χ1) is 11.6. The van der Waals surface area contributed by atoms with Crippen molar-refractivity contribution < 1.29 is 9.21 Å². The lowest BCUT2D eigenvalue weighted by molar-refractivity contribution is -0.125. The van der Waals surface area contributed by atoms with Crippen molar-refractivity contribution in [2.24, 2.45) is 0 Å². The fourth-order valence-electron chi connectivity index (χ4n) is 2.34. The van der Waals surface area contributed by atoms with Crippen LogP contribution in [0.1, 0.15) is 17.1 Å². The van der Waals surface area contributed by atoms with Gasteiger partial charge in [-0.15, -0.1) is 0 Å². The summed E-state index contributed by atoms with van der Waals surface area (Å²) in [6, 6.07) is 13.6. The first-order valence-corrected chi connectivity index (χ1v) is 7.70. The number of hydrogen-bond acceptors (Lipinski definition) is 3. The van der Waals surface area contributed by atoms with Crippen LogP contribution >= 0.6 is 0 Å². The van der Waals surface area contributed by atoms with Gasteiger partial charge in [-0.25, -0.2) is 4.68 Å². The number of amides is 1. The summed E-state index contributed by atoms with van der Waals surface area (Å²) in [6.07, 6.45) is 6.90. The Labute approximate surface area is 140 Å². The number of benzene rings is 1. The summed E-state index contributed by atoms with van der Waals surface area (Å²) < 4.78 is 7.21. The first-order valence-electron chi connectivity index (χ1n) is 7.70. The zero-order valence-electron chi connectivity index (χ0n) is 13.7. The third-order valence-electron chi connectivity index (χ3n) is 3.60. The van der Waals surface area contributed by atoms with Crippen molar-refractivity contribution in [3.8, 4) is 5.69 Å². The predicted octanol–water partition coefficient (Wildman–Crippen LogP) is 3.45. The Hall–Kier alpha value is -3.08. The van der Waals surface area contributed by atoms with Crippen LogP contribution in [0, 0.1) is 6.92 Å². The summed E-state index contributed by atoms with van der Waals surface area (Å²) in [6.45, 7) is 2.36. The highest BCUT2D eigenvalue weighted by atomic mass is 16.3. The van der Waals surface area contributed by atoms with E-state index >= 15 is 0 Å². The minimum Gasteiger partial charge on any atom is -0.462 e. The summed E-state index contributed by atoms with van der Waals surface area (Å²) in [5.41, 5.74) is 1.96. The van der Waals surface area contributed by atoms with E-state index in [0.29, 0.717) is 12.3 Å². The second-order valence-electron chi connectivity index (χ2n) is 5.60. The number of carbonyl (C=O) groups excluding carboxylic acids is 1. The van der Waals surface area contributed by atoms with Crippen molar-refractivity contribution in [1.82, 2.24) is 14.7 Å². The van der Waals surface area contributed by atoms with Crippen molar-refractivity contribution in [3.63, 3.8) is 0 Å². The molecule has 0 unspecified atom stereocenters. The molecule has 1 aromatic carbocycles. The summed E-state index contributed by atoms with van der Waals surface area (Å²) in [4.78, 5) is 13.8. The molecule has 0 atom stereocenters. The normalized spacial score (nSPS) is 11.1. The average Bonchev–Trinajstić information content (AvgIpc) is 3.22. The molecular formula is C19H19N3O2. The Kier molecular flexibility index (Phi) is 4.61. The van der Waals surface area contributed by atoms with Crippen LogP contribution in [0.3, 0.4) is 0 Å². The summed E-state index contributed by atoms with van der Waals surface area (Å²) in [5, 5.41) is 4.34. The van der Waals surface area contributed by atoms with E-state index in [2.05, 4.69) is 5.10 Å². The third kappa shape index (κ3) is 3.81. The van der Waals surface area contributed by atoms with Crippen molar-refractivity contribution >= 4 is 12.0 Å². The average molecular weight is 321 g/mol.